The van der Waals surface area contributed by atoms with E-state index in [1.165, 1.54) is 7.11 Å². The molecular formula is C28H37NO5. The molecule has 0 N–H and O–H groups in total. The van der Waals surface area contributed by atoms with Gasteiger partial charge < -0.3 is 14.4 Å². The standard InChI is InChI=1S/C28H37NO5/c1-17(2)29(18(3)4)26(30)25-21(16-15-20-11-7-8-12-22(20)25)19(5)34-28(32)24-14-10-9-13-23(24)27(31)33-6/h7-8,11-12,15-19,23-24H,9-10,13-14H2,1-6H3/t19-,23-,24+/m0/s1. The maximum atomic E-state index is 13.9. The molecule has 0 spiro atoms. The van der Waals surface area contributed by atoms with Gasteiger partial charge in [0.25, 0.3) is 5.91 Å². The van der Waals surface area contributed by atoms with Crippen molar-refractivity contribution in [2.45, 2.75) is 78.5 Å². The van der Waals surface area contributed by atoms with Gasteiger partial charge in [-0.3, -0.25) is 14.4 Å². The number of amides is 1. The van der Waals surface area contributed by atoms with Gasteiger partial charge in [-0.2, -0.15) is 0 Å². The molecule has 0 saturated heterocycles. The maximum absolute atomic E-state index is 13.9. The number of carbonyl (C=O) groups is 3. The molecule has 1 aliphatic carbocycles. The summed E-state index contributed by atoms with van der Waals surface area (Å²) in [5.41, 5.74) is 1.24. The predicted molar refractivity (Wildman–Crippen MR) is 132 cm³/mol. The van der Waals surface area contributed by atoms with Crippen molar-refractivity contribution in [2.75, 3.05) is 7.11 Å². The minimum Gasteiger partial charge on any atom is -0.469 e. The maximum Gasteiger partial charge on any atom is 0.310 e. The summed E-state index contributed by atoms with van der Waals surface area (Å²) in [6.07, 6.45) is 2.35. The zero-order valence-electron chi connectivity index (χ0n) is 21.2. The highest BCUT2D eigenvalue weighted by Gasteiger charge is 2.38. The van der Waals surface area contributed by atoms with Crippen LogP contribution in [0.1, 0.15) is 82.3 Å². The normalized spacial score (nSPS) is 19.2. The summed E-state index contributed by atoms with van der Waals surface area (Å²) in [5, 5.41) is 1.79. The Balaban J connectivity index is 1.99. The van der Waals surface area contributed by atoms with Crippen LogP contribution < -0.4 is 0 Å². The van der Waals surface area contributed by atoms with Crippen LogP contribution in [0.2, 0.25) is 0 Å². The SMILES string of the molecule is COC(=O)[C@H]1CCCC[C@H]1C(=O)O[C@@H](C)c1ccc2ccccc2c1C(=O)N(C(C)C)C(C)C. The van der Waals surface area contributed by atoms with Crippen molar-refractivity contribution in [3.63, 3.8) is 0 Å². The first-order valence-electron chi connectivity index (χ1n) is 12.3. The largest absolute Gasteiger partial charge is 0.469 e. The molecule has 6 heteroatoms. The fraction of sp³-hybridized carbons (Fsp3) is 0.536. The van der Waals surface area contributed by atoms with Crippen molar-refractivity contribution in [2.24, 2.45) is 11.8 Å². The summed E-state index contributed by atoms with van der Waals surface area (Å²) < 4.78 is 10.9. The van der Waals surface area contributed by atoms with Crippen molar-refractivity contribution in [3.05, 3.63) is 47.5 Å². The van der Waals surface area contributed by atoms with Crippen LogP contribution >= 0.6 is 0 Å². The van der Waals surface area contributed by atoms with Gasteiger partial charge in [-0.15, -0.1) is 0 Å². The van der Waals surface area contributed by atoms with E-state index >= 15 is 0 Å². The second kappa shape index (κ2) is 11.0. The topological polar surface area (TPSA) is 72.9 Å². The molecule has 1 fully saturated rings. The fourth-order valence-corrected chi connectivity index (χ4v) is 5.23. The van der Waals surface area contributed by atoms with Crippen molar-refractivity contribution in [3.8, 4) is 0 Å². The number of fused-ring (bicyclic) bond motifs is 1. The first-order chi connectivity index (χ1) is 16.2. The van der Waals surface area contributed by atoms with E-state index in [1.807, 2.05) is 69.0 Å². The number of hydrogen-bond donors (Lipinski definition) is 0. The lowest BCUT2D eigenvalue weighted by atomic mass is 9.79. The number of methoxy groups -OCH3 is 1. The zero-order chi connectivity index (χ0) is 25.0. The van der Waals surface area contributed by atoms with Gasteiger partial charge in [0.2, 0.25) is 0 Å². The molecule has 34 heavy (non-hydrogen) atoms. The van der Waals surface area contributed by atoms with E-state index in [0.717, 1.165) is 23.6 Å². The molecule has 6 nitrogen and oxygen atoms in total. The molecule has 1 aliphatic rings. The molecule has 3 atom stereocenters. The number of hydrogen-bond acceptors (Lipinski definition) is 5. The van der Waals surface area contributed by atoms with E-state index in [9.17, 15) is 14.4 Å². The molecule has 0 heterocycles. The third-order valence-electron chi connectivity index (χ3n) is 6.83. The van der Waals surface area contributed by atoms with Gasteiger partial charge in [-0.1, -0.05) is 49.2 Å². The number of benzene rings is 2. The summed E-state index contributed by atoms with van der Waals surface area (Å²) >= 11 is 0. The van der Waals surface area contributed by atoms with E-state index in [2.05, 4.69) is 0 Å². The van der Waals surface area contributed by atoms with Gasteiger partial charge in [-0.05, 0) is 58.2 Å². The molecule has 184 valence electrons. The highest BCUT2D eigenvalue weighted by atomic mass is 16.5. The van der Waals surface area contributed by atoms with Crippen LogP contribution in [0.15, 0.2) is 36.4 Å². The molecule has 1 amide bonds. The zero-order valence-corrected chi connectivity index (χ0v) is 21.2. The minimum atomic E-state index is -0.641. The molecule has 1 saturated carbocycles. The van der Waals surface area contributed by atoms with Crippen LogP contribution in [0.3, 0.4) is 0 Å². The Bertz CT molecular complexity index is 1040. The monoisotopic (exact) mass is 467 g/mol. The van der Waals surface area contributed by atoms with Crippen LogP contribution in [0, 0.1) is 11.8 Å². The van der Waals surface area contributed by atoms with Gasteiger partial charge in [0.15, 0.2) is 0 Å². The summed E-state index contributed by atoms with van der Waals surface area (Å²) in [6.45, 7) is 9.80. The number of nitrogens with zero attached hydrogens (tertiary/aromatic N) is 1. The van der Waals surface area contributed by atoms with Crippen LogP contribution in [-0.4, -0.2) is 41.9 Å². The summed E-state index contributed by atoms with van der Waals surface area (Å²) in [4.78, 5) is 41.1. The number of ether oxygens (including phenoxy) is 2. The minimum absolute atomic E-state index is 0.0141. The van der Waals surface area contributed by atoms with Crippen molar-refractivity contribution < 1.29 is 23.9 Å². The third kappa shape index (κ3) is 5.26. The summed E-state index contributed by atoms with van der Waals surface area (Å²) in [7, 11) is 1.35. The lowest BCUT2D eigenvalue weighted by Gasteiger charge is -2.33. The second-order valence-corrected chi connectivity index (χ2v) is 9.75. The average Bonchev–Trinajstić information content (AvgIpc) is 2.82. The van der Waals surface area contributed by atoms with Gasteiger partial charge >= 0.3 is 11.9 Å². The average molecular weight is 468 g/mol. The van der Waals surface area contributed by atoms with E-state index in [-0.39, 0.29) is 24.0 Å². The Kier molecular flexibility index (Phi) is 8.34. The first kappa shape index (κ1) is 25.7. The number of rotatable bonds is 7. The molecule has 0 unspecified atom stereocenters. The van der Waals surface area contributed by atoms with Crippen LogP contribution in [0.25, 0.3) is 10.8 Å². The quantitative estimate of drug-likeness (QED) is 0.490. The lowest BCUT2D eigenvalue weighted by Crippen LogP contribution is -2.42. The summed E-state index contributed by atoms with van der Waals surface area (Å²) in [6, 6.07) is 11.6. The van der Waals surface area contributed by atoms with E-state index < -0.39 is 23.9 Å². The Morgan fingerprint density at radius 2 is 1.44 bits per heavy atom. The van der Waals surface area contributed by atoms with Gasteiger partial charge in [0.1, 0.15) is 6.10 Å². The van der Waals surface area contributed by atoms with Gasteiger partial charge in [0.05, 0.1) is 24.5 Å². The molecule has 2 aromatic rings. The van der Waals surface area contributed by atoms with E-state index in [1.54, 1.807) is 6.92 Å². The van der Waals surface area contributed by atoms with Crippen LogP contribution in [0.5, 0.6) is 0 Å². The van der Waals surface area contributed by atoms with Crippen molar-refractivity contribution >= 4 is 28.6 Å². The molecule has 0 radical (unpaired) electrons. The molecule has 0 bridgehead atoms. The first-order valence-corrected chi connectivity index (χ1v) is 12.3. The van der Waals surface area contributed by atoms with Crippen molar-refractivity contribution in [1.82, 2.24) is 4.90 Å². The Labute approximate surface area is 202 Å². The Morgan fingerprint density at radius 1 is 0.853 bits per heavy atom. The molecule has 0 aliphatic heterocycles. The summed E-state index contributed by atoms with van der Waals surface area (Å²) in [5.74, 6) is -1.84. The molecule has 0 aromatic heterocycles. The van der Waals surface area contributed by atoms with E-state index in [4.69, 9.17) is 9.47 Å². The highest BCUT2D eigenvalue weighted by Crippen LogP contribution is 2.35. The molecular weight excluding hydrogens is 430 g/mol. The number of carbonyl (C=O) groups excluding carboxylic acids is 3. The van der Waals surface area contributed by atoms with Gasteiger partial charge in [0, 0.05) is 17.6 Å². The third-order valence-corrected chi connectivity index (χ3v) is 6.83. The van der Waals surface area contributed by atoms with Gasteiger partial charge in [-0.25, -0.2) is 0 Å². The smallest absolute Gasteiger partial charge is 0.310 e. The Hall–Kier alpha value is -2.89. The second-order valence-electron chi connectivity index (χ2n) is 9.75. The van der Waals surface area contributed by atoms with Crippen LogP contribution in [0.4, 0.5) is 0 Å². The molecule has 2 aromatic carbocycles. The van der Waals surface area contributed by atoms with E-state index in [0.29, 0.717) is 24.0 Å². The Morgan fingerprint density at radius 3 is 2.03 bits per heavy atom. The molecule has 3 rings (SSSR count). The highest BCUT2D eigenvalue weighted by molar-refractivity contribution is 6.08. The fourth-order valence-electron chi connectivity index (χ4n) is 5.23. The number of esters is 2. The van der Waals surface area contributed by atoms with Crippen molar-refractivity contribution in [1.29, 1.82) is 0 Å². The van der Waals surface area contributed by atoms with Crippen LogP contribution in [-0.2, 0) is 19.1 Å². The lowest BCUT2D eigenvalue weighted by molar-refractivity contribution is -0.164. The predicted octanol–water partition coefficient (Wildman–Crippen LogP) is 5.68.